The maximum absolute atomic E-state index is 13.2. The summed E-state index contributed by atoms with van der Waals surface area (Å²) in [7, 11) is 0. The number of para-hydroxylation sites is 1. The van der Waals surface area contributed by atoms with E-state index in [1.807, 2.05) is 24.3 Å². The van der Waals surface area contributed by atoms with E-state index in [2.05, 4.69) is 25.5 Å². The predicted molar refractivity (Wildman–Crippen MR) is 105 cm³/mol. The molecule has 1 amide bonds. The van der Waals surface area contributed by atoms with Gasteiger partial charge < -0.3 is 10.3 Å². The molecule has 1 atom stereocenters. The zero-order valence-corrected chi connectivity index (χ0v) is 15.6. The number of hydrogen-bond donors (Lipinski definition) is 2. The molecule has 2 aromatic heterocycles. The Morgan fingerprint density at radius 2 is 2.07 bits per heavy atom. The number of amides is 1. The molecular formula is C18H13ClFN5OS. The molecule has 2 N–H and O–H groups in total. The summed E-state index contributed by atoms with van der Waals surface area (Å²) in [5.41, 5.74) is 2.65. The summed E-state index contributed by atoms with van der Waals surface area (Å²) in [6, 6.07) is 11.7. The zero-order chi connectivity index (χ0) is 19.0. The van der Waals surface area contributed by atoms with Crippen molar-refractivity contribution in [1.29, 1.82) is 0 Å². The van der Waals surface area contributed by atoms with Gasteiger partial charge in [0.05, 0.1) is 10.3 Å². The van der Waals surface area contributed by atoms with Gasteiger partial charge in [-0.05, 0) is 31.2 Å². The summed E-state index contributed by atoms with van der Waals surface area (Å²) in [5.74, 6) is -0.814. The second-order valence-electron chi connectivity index (χ2n) is 5.84. The SMILES string of the molecule is CC(Sc1nnc2c(n1)[nH]c1ccccc12)C(=O)Nc1ccc(F)c(Cl)c1. The molecule has 0 fully saturated rings. The van der Waals surface area contributed by atoms with Crippen molar-refractivity contribution in [1.82, 2.24) is 20.2 Å². The molecule has 0 aliphatic heterocycles. The van der Waals surface area contributed by atoms with Crippen LogP contribution in [0.15, 0.2) is 47.6 Å². The standard InChI is InChI=1S/C18H13ClFN5OS/c1-9(17(26)21-10-6-7-13(20)12(19)8-10)27-18-23-16-15(24-25-18)11-4-2-3-5-14(11)22-16/h2-9H,1H3,(H,21,26)(H,22,23,25). The van der Waals surface area contributed by atoms with Crippen LogP contribution in [0.3, 0.4) is 0 Å². The Balaban J connectivity index is 1.51. The molecule has 0 saturated heterocycles. The van der Waals surface area contributed by atoms with Crippen LogP contribution in [0.1, 0.15) is 6.92 Å². The fourth-order valence-electron chi connectivity index (χ4n) is 2.59. The number of aromatic amines is 1. The monoisotopic (exact) mass is 401 g/mol. The molecule has 0 aliphatic rings. The number of nitrogens with zero attached hydrogens (tertiary/aromatic N) is 3. The van der Waals surface area contributed by atoms with Crippen molar-refractivity contribution in [2.75, 3.05) is 5.32 Å². The number of thioether (sulfide) groups is 1. The van der Waals surface area contributed by atoms with Gasteiger partial charge in [-0.15, -0.1) is 10.2 Å². The quantitative estimate of drug-likeness (QED) is 0.494. The van der Waals surface area contributed by atoms with Crippen molar-refractivity contribution >= 4 is 57.0 Å². The molecule has 4 rings (SSSR count). The minimum Gasteiger partial charge on any atom is -0.338 e. The van der Waals surface area contributed by atoms with Gasteiger partial charge in [-0.1, -0.05) is 41.6 Å². The Morgan fingerprint density at radius 1 is 1.26 bits per heavy atom. The lowest BCUT2D eigenvalue weighted by Gasteiger charge is -2.11. The number of anilines is 1. The first-order chi connectivity index (χ1) is 13.0. The molecule has 136 valence electrons. The number of nitrogens with one attached hydrogen (secondary N) is 2. The fraction of sp³-hybridized carbons (Fsp3) is 0.111. The second-order valence-corrected chi connectivity index (χ2v) is 7.56. The third kappa shape index (κ3) is 3.58. The van der Waals surface area contributed by atoms with Crippen LogP contribution in [0.4, 0.5) is 10.1 Å². The molecule has 1 unspecified atom stereocenters. The Hall–Kier alpha value is -2.71. The van der Waals surface area contributed by atoms with Crippen LogP contribution in [0.2, 0.25) is 5.02 Å². The van der Waals surface area contributed by atoms with Crippen molar-refractivity contribution < 1.29 is 9.18 Å². The number of fused-ring (bicyclic) bond motifs is 3. The molecule has 0 aliphatic carbocycles. The number of H-pyrrole nitrogens is 1. The maximum atomic E-state index is 13.2. The molecule has 2 heterocycles. The molecule has 0 spiro atoms. The van der Waals surface area contributed by atoms with Gasteiger partial charge in [0.1, 0.15) is 11.3 Å². The van der Waals surface area contributed by atoms with Gasteiger partial charge >= 0.3 is 0 Å². The highest BCUT2D eigenvalue weighted by Crippen LogP contribution is 2.26. The number of carbonyl (C=O) groups excluding carboxylic acids is 1. The Bertz CT molecular complexity index is 1170. The lowest BCUT2D eigenvalue weighted by Crippen LogP contribution is -2.22. The Kier molecular flexibility index (Phi) is 4.67. The first kappa shape index (κ1) is 17.7. The number of benzene rings is 2. The average molecular weight is 402 g/mol. The highest BCUT2D eigenvalue weighted by atomic mass is 35.5. The largest absolute Gasteiger partial charge is 0.338 e. The van der Waals surface area contributed by atoms with E-state index in [4.69, 9.17) is 11.6 Å². The molecule has 0 saturated carbocycles. The number of aromatic nitrogens is 4. The number of hydrogen-bond acceptors (Lipinski definition) is 5. The summed E-state index contributed by atoms with van der Waals surface area (Å²) in [4.78, 5) is 20.0. The topological polar surface area (TPSA) is 83.6 Å². The number of halogens is 2. The molecule has 9 heteroatoms. The lowest BCUT2D eigenvalue weighted by molar-refractivity contribution is -0.115. The molecular weight excluding hydrogens is 389 g/mol. The van der Waals surface area contributed by atoms with E-state index >= 15 is 0 Å². The highest BCUT2D eigenvalue weighted by molar-refractivity contribution is 8.00. The van der Waals surface area contributed by atoms with E-state index in [1.54, 1.807) is 6.92 Å². The lowest BCUT2D eigenvalue weighted by atomic mass is 10.2. The van der Waals surface area contributed by atoms with Crippen molar-refractivity contribution in [2.24, 2.45) is 0 Å². The molecule has 27 heavy (non-hydrogen) atoms. The second kappa shape index (κ2) is 7.13. The molecule has 0 bridgehead atoms. The fourth-order valence-corrected chi connectivity index (χ4v) is 3.48. The van der Waals surface area contributed by atoms with Crippen LogP contribution in [0, 0.1) is 5.82 Å². The van der Waals surface area contributed by atoms with Crippen LogP contribution in [-0.4, -0.2) is 31.3 Å². The van der Waals surface area contributed by atoms with Gasteiger partial charge in [0.15, 0.2) is 5.65 Å². The molecule has 6 nitrogen and oxygen atoms in total. The van der Waals surface area contributed by atoms with Crippen LogP contribution < -0.4 is 5.32 Å². The summed E-state index contributed by atoms with van der Waals surface area (Å²) >= 11 is 6.91. The van der Waals surface area contributed by atoms with Crippen LogP contribution in [0.5, 0.6) is 0 Å². The van der Waals surface area contributed by atoms with E-state index in [-0.39, 0.29) is 10.9 Å². The van der Waals surface area contributed by atoms with E-state index in [0.717, 1.165) is 10.9 Å². The first-order valence-corrected chi connectivity index (χ1v) is 9.31. The average Bonchev–Trinajstić information content (AvgIpc) is 3.02. The maximum Gasteiger partial charge on any atom is 0.237 e. The van der Waals surface area contributed by atoms with Crippen LogP contribution >= 0.6 is 23.4 Å². The van der Waals surface area contributed by atoms with Crippen molar-refractivity contribution in [3.63, 3.8) is 0 Å². The zero-order valence-electron chi connectivity index (χ0n) is 14.0. The van der Waals surface area contributed by atoms with Crippen LogP contribution in [0.25, 0.3) is 22.1 Å². The summed E-state index contributed by atoms with van der Waals surface area (Å²) < 4.78 is 13.2. The summed E-state index contributed by atoms with van der Waals surface area (Å²) in [5, 5.41) is 11.8. The molecule has 0 radical (unpaired) electrons. The van der Waals surface area contributed by atoms with Crippen molar-refractivity contribution in [2.45, 2.75) is 17.3 Å². The van der Waals surface area contributed by atoms with E-state index in [0.29, 0.717) is 22.0 Å². The number of carbonyl (C=O) groups is 1. The van der Waals surface area contributed by atoms with Gasteiger partial charge in [0.25, 0.3) is 0 Å². The summed E-state index contributed by atoms with van der Waals surface area (Å²) in [6.45, 7) is 1.73. The highest BCUT2D eigenvalue weighted by Gasteiger charge is 2.18. The van der Waals surface area contributed by atoms with E-state index < -0.39 is 11.1 Å². The van der Waals surface area contributed by atoms with Gasteiger partial charge in [-0.3, -0.25) is 4.79 Å². The Morgan fingerprint density at radius 3 is 2.89 bits per heavy atom. The predicted octanol–water partition coefficient (Wildman–Crippen LogP) is 4.42. The number of rotatable bonds is 4. The van der Waals surface area contributed by atoms with Crippen molar-refractivity contribution in [3.8, 4) is 0 Å². The summed E-state index contributed by atoms with van der Waals surface area (Å²) in [6.07, 6.45) is 0. The van der Waals surface area contributed by atoms with E-state index in [9.17, 15) is 9.18 Å². The minimum absolute atomic E-state index is 0.0510. The third-order valence-electron chi connectivity index (χ3n) is 3.94. The van der Waals surface area contributed by atoms with Gasteiger partial charge in [-0.2, -0.15) is 0 Å². The molecule has 4 aromatic rings. The third-order valence-corrected chi connectivity index (χ3v) is 5.18. The minimum atomic E-state index is -0.539. The van der Waals surface area contributed by atoms with Gasteiger partial charge in [0, 0.05) is 16.6 Å². The smallest absolute Gasteiger partial charge is 0.237 e. The van der Waals surface area contributed by atoms with Crippen LogP contribution in [-0.2, 0) is 4.79 Å². The normalized spacial score (nSPS) is 12.4. The Labute approximate surface area is 162 Å². The molecule has 2 aromatic carbocycles. The van der Waals surface area contributed by atoms with E-state index in [1.165, 1.54) is 30.0 Å². The van der Waals surface area contributed by atoms with Gasteiger partial charge in [-0.25, -0.2) is 9.37 Å². The van der Waals surface area contributed by atoms with Crippen molar-refractivity contribution in [3.05, 3.63) is 53.3 Å². The van der Waals surface area contributed by atoms with Gasteiger partial charge in [0.2, 0.25) is 11.1 Å². The first-order valence-electron chi connectivity index (χ1n) is 8.05.